The van der Waals surface area contributed by atoms with Crippen LogP contribution in [-0.2, 0) is 11.3 Å². The zero-order valence-corrected chi connectivity index (χ0v) is 17.2. The number of benzene rings is 3. The van der Waals surface area contributed by atoms with Gasteiger partial charge in [-0.1, -0.05) is 64.5 Å². The lowest BCUT2D eigenvalue weighted by atomic mass is 9.98. The van der Waals surface area contributed by atoms with Gasteiger partial charge in [0.05, 0.1) is 5.56 Å². The fraction of sp³-hybridized carbons (Fsp3) is 0.0435. The van der Waals surface area contributed by atoms with Crippen molar-refractivity contribution in [1.29, 1.82) is 0 Å². The van der Waals surface area contributed by atoms with Crippen LogP contribution >= 0.6 is 15.9 Å². The third kappa shape index (κ3) is 4.36. The number of halogens is 1. The van der Waals surface area contributed by atoms with Crippen LogP contribution in [0.3, 0.4) is 0 Å². The Morgan fingerprint density at radius 2 is 1.50 bits per heavy atom. The van der Waals surface area contributed by atoms with Crippen LogP contribution in [0.2, 0.25) is 0 Å². The van der Waals surface area contributed by atoms with Crippen molar-refractivity contribution < 1.29 is 18.7 Å². The first kappa shape index (κ1) is 19.7. The Morgan fingerprint density at radius 3 is 2.23 bits per heavy atom. The average Bonchev–Trinajstić information content (AvgIpc) is 3.27. The number of esters is 1. The summed E-state index contributed by atoms with van der Waals surface area (Å²) in [5.74, 6) is -0.405. The number of ketones is 1. The molecule has 0 bridgehead atoms. The van der Waals surface area contributed by atoms with E-state index in [1.54, 1.807) is 48.5 Å². The van der Waals surface area contributed by atoms with Crippen LogP contribution in [0.1, 0.15) is 32.2 Å². The molecular weight excluding hydrogens is 448 g/mol. The van der Waals surface area contributed by atoms with Crippen molar-refractivity contribution in [2.24, 2.45) is 0 Å². The average molecular weight is 463 g/mol. The Kier molecular flexibility index (Phi) is 5.81. The van der Waals surface area contributed by atoms with Gasteiger partial charge in [0.15, 0.2) is 12.4 Å². The second-order valence-electron chi connectivity index (χ2n) is 6.32. The van der Waals surface area contributed by atoms with E-state index in [9.17, 15) is 9.59 Å². The van der Waals surface area contributed by atoms with E-state index in [1.807, 2.05) is 30.3 Å². The van der Waals surface area contributed by atoms with E-state index in [4.69, 9.17) is 9.15 Å². The smallest absolute Gasteiger partial charge is 0.339 e. The highest BCUT2D eigenvalue weighted by Gasteiger charge is 2.20. The molecular formula is C23H15BrN2O4. The maximum Gasteiger partial charge on any atom is 0.339 e. The number of carbonyl (C=O) groups excluding carboxylic acids is 2. The standard InChI is InChI=1S/C23H15BrN2O4/c24-17-12-10-16(11-13-17)22-26-25-20(30-22)14-29-23(28)19-9-5-4-8-18(19)21(27)15-6-2-1-3-7-15/h1-13H,14H2. The number of hydrogen-bond donors (Lipinski definition) is 0. The van der Waals surface area contributed by atoms with Crippen molar-refractivity contribution in [3.8, 4) is 11.5 Å². The summed E-state index contributed by atoms with van der Waals surface area (Å²) in [6.45, 7) is -0.198. The topological polar surface area (TPSA) is 82.3 Å². The summed E-state index contributed by atoms with van der Waals surface area (Å²) in [6, 6.07) is 22.7. The fourth-order valence-corrected chi connectivity index (χ4v) is 3.09. The monoisotopic (exact) mass is 462 g/mol. The third-order valence-corrected chi connectivity index (χ3v) is 4.84. The van der Waals surface area contributed by atoms with Gasteiger partial charge in [-0.05, 0) is 30.3 Å². The van der Waals surface area contributed by atoms with Gasteiger partial charge in [0, 0.05) is 21.2 Å². The highest BCUT2D eigenvalue weighted by molar-refractivity contribution is 9.10. The number of aromatic nitrogens is 2. The SMILES string of the molecule is O=C(OCc1nnc(-c2ccc(Br)cc2)o1)c1ccccc1C(=O)c1ccccc1. The molecule has 0 fully saturated rings. The predicted octanol–water partition coefficient (Wildman–Crippen LogP) is 5.09. The molecule has 0 aliphatic heterocycles. The van der Waals surface area contributed by atoms with E-state index >= 15 is 0 Å². The van der Waals surface area contributed by atoms with E-state index in [0.717, 1.165) is 10.0 Å². The molecule has 0 atom stereocenters. The van der Waals surface area contributed by atoms with E-state index in [0.29, 0.717) is 11.5 Å². The zero-order valence-electron chi connectivity index (χ0n) is 15.6. The molecule has 1 heterocycles. The molecule has 4 rings (SSSR count). The van der Waals surface area contributed by atoms with E-state index < -0.39 is 5.97 Å². The minimum absolute atomic E-state index is 0.160. The summed E-state index contributed by atoms with van der Waals surface area (Å²) >= 11 is 3.37. The molecule has 3 aromatic carbocycles. The molecule has 4 aromatic rings. The predicted molar refractivity (Wildman–Crippen MR) is 113 cm³/mol. The Bertz CT molecular complexity index is 1190. The second kappa shape index (κ2) is 8.84. The summed E-state index contributed by atoms with van der Waals surface area (Å²) in [4.78, 5) is 25.4. The normalized spacial score (nSPS) is 10.6. The fourth-order valence-electron chi connectivity index (χ4n) is 2.83. The van der Waals surface area contributed by atoms with Crippen LogP contribution in [0.25, 0.3) is 11.5 Å². The zero-order chi connectivity index (χ0) is 20.9. The van der Waals surface area contributed by atoms with E-state index in [2.05, 4.69) is 26.1 Å². The highest BCUT2D eigenvalue weighted by atomic mass is 79.9. The van der Waals surface area contributed by atoms with Crippen molar-refractivity contribution in [2.45, 2.75) is 6.61 Å². The van der Waals surface area contributed by atoms with Gasteiger partial charge in [0.1, 0.15) is 0 Å². The van der Waals surface area contributed by atoms with Crippen LogP contribution in [0.5, 0.6) is 0 Å². The maximum atomic E-state index is 12.8. The third-order valence-electron chi connectivity index (χ3n) is 4.31. The Balaban J connectivity index is 1.48. The minimum atomic E-state index is -0.640. The number of hydrogen-bond acceptors (Lipinski definition) is 6. The summed E-state index contributed by atoms with van der Waals surface area (Å²) in [7, 11) is 0. The Hall–Kier alpha value is -3.58. The number of nitrogens with zero attached hydrogens (tertiary/aromatic N) is 2. The molecule has 0 radical (unpaired) electrons. The molecule has 148 valence electrons. The molecule has 0 unspecified atom stereocenters. The largest absolute Gasteiger partial charge is 0.452 e. The van der Waals surface area contributed by atoms with Crippen molar-refractivity contribution >= 4 is 27.7 Å². The van der Waals surface area contributed by atoms with Gasteiger partial charge in [-0.3, -0.25) is 4.79 Å². The first-order valence-electron chi connectivity index (χ1n) is 9.06. The summed E-state index contributed by atoms with van der Waals surface area (Å²) in [6.07, 6.45) is 0. The number of rotatable bonds is 6. The van der Waals surface area contributed by atoms with E-state index in [1.165, 1.54) is 0 Å². The first-order chi connectivity index (χ1) is 14.6. The molecule has 30 heavy (non-hydrogen) atoms. The molecule has 0 aliphatic carbocycles. The minimum Gasteiger partial charge on any atom is -0.452 e. The molecule has 6 nitrogen and oxygen atoms in total. The summed E-state index contributed by atoms with van der Waals surface area (Å²) < 4.78 is 11.8. The quantitative estimate of drug-likeness (QED) is 0.293. The Morgan fingerprint density at radius 1 is 0.833 bits per heavy atom. The van der Waals surface area contributed by atoms with Gasteiger partial charge in [-0.2, -0.15) is 0 Å². The number of ether oxygens (including phenoxy) is 1. The van der Waals surface area contributed by atoms with Gasteiger partial charge >= 0.3 is 5.97 Å². The molecule has 0 aliphatic rings. The molecule has 0 amide bonds. The molecule has 0 saturated heterocycles. The maximum absolute atomic E-state index is 12.8. The van der Waals surface area contributed by atoms with Crippen LogP contribution in [0.4, 0.5) is 0 Å². The van der Waals surface area contributed by atoms with Crippen molar-refractivity contribution in [1.82, 2.24) is 10.2 Å². The lowest BCUT2D eigenvalue weighted by molar-refractivity contribution is 0.0436. The highest BCUT2D eigenvalue weighted by Crippen LogP contribution is 2.21. The van der Waals surface area contributed by atoms with Gasteiger partial charge < -0.3 is 9.15 Å². The second-order valence-corrected chi connectivity index (χ2v) is 7.24. The van der Waals surface area contributed by atoms with Crippen molar-refractivity contribution in [3.05, 3.63) is 106 Å². The van der Waals surface area contributed by atoms with Crippen LogP contribution in [0.15, 0.2) is 87.8 Å². The van der Waals surface area contributed by atoms with Crippen LogP contribution in [-0.4, -0.2) is 21.9 Å². The molecule has 0 spiro atoms. The summed E-state index contributed by atoms with van der Waals surface area (Å²) in [5, 5.41) is 7.89. The van der Waals surface area contributed by atoms with Crippen LogP contribution in [0, 0.1) is 0 Å². The van der Waals surface area contributed by atoms with Gasteiger partial charge in [-0.15, -0.1) is 10.2 Å². The first-order valence-corrected chi connectivity index (χ1v) is 9.85. The van der Waals surface area contributed by atoms with Crippen LogP contribution < -0.4 is 0 Å². The molecule has 0 N–H and O–H groups in total. The van der Waals surface area contributed by atoms with Gasteiger partial charge in [0.25, 0.3) is 5.89 Å². The lowest BCUT2D eigenvalue weighted by Crippen LogP contribution is -2.12. The van der Waals surface area contributed by atoms with Crippen molar-refractivity contribution in [2.75, 3.05) is 0 Å². The molecule has 0 saturated carbocycles. The lowest BCUT2D eigenvalue weighted by Gasteiger charge is -2.08. The summed E-state index contributed by atoms with van der Waals surface area (Å²) in [5.41, 5.74) is 1.70. The van der Waals surface area contributed by atoms with Crippen molar-refractivity contribution in [3.63, 3.8) is 0 Å². The molecule has 1 aromatic heterocycles. The van der Waals surface area contributed by atoms with Gasteiger partial charge in [0.2, 0.25) is 5.89 Å². The molecule has 7 heteroatoms. The number of carbonyl (C=O) groups is 2. The van der Waals surface area contributed by atoms with Gasteiger partial charge in [-0.25, -0.2) is 4.79 Å². The Labute approximate surface area is 180 Å². The van der Waals surface area contributed by atoms with E-state index in [-0.39, 0.29) is 29.4 Å².